The summed E-state index contributed by atoms with van der Waals surface area (Å²) < 4.78 is 6.60. The van der Waals surface area contributed by atoms with Crippen LogP contribution < -0.4 is 5.59 Å². The number of carbonyl (C=O) groups excluding carboxylic acids is 1. The van der Waals surface area contributed by atoms with Crippen molar-refractivity contribution in [3.63, 3.8) is 0 Å². The molecule has 112 valence electrons. The van der Waals surface area contributed by atoms with Gasteiger partial charge in [0.05, 0.1) is 11.1 Å². The molecule has 0 spiro atoms. The maximum atomic E-state index is 12.4. The van der Waals surface area contributed by atoms with E-state index in [0.29, 0.717) is 11.1 Å². The SMILES string of the molecule is Cc1ccc2c(c1)c(C)c(B(O)O)n2C(=O)OC(C)(C)C. The molecular formula is C15H20BNO4. The van der Waals surface area contributed by atoms with E-state index in [2.05, 4.69) is 0 Å². The zero-order chi connectivity index (χ0) is 15.9. The molecule has 1 aromatic heterocycles. The fourth-order valence-electron chi connectivity index (χ4n) is 2.39. The normalized spacial score (nSPS) is 11.8. The van der Waals surface area contributed by atoms with Crippen molar-refractivity contribution in [3.8, 4) is 0 Å². The monoisotopic (exact) mass is 289 g/mol. The number of aryl methyl sites for hydroxylation is 2. The highest BCUT2D eigenvalue weighted by Crippen LogP contribution is 2.22. The van der Waals surface area contributed by atoms with E-state index in [4.69, 9.17) is 4.74 Å². The molecule has 0 bridgehead atoms. The molecule has 21 heavy (non-hydrogen) atoms. The first-order chi connectivity index (χ1) is 9.61. The predicted molar refractivity (Wildman–Crippen MR) is 82.9 cm³/mol. The van der Waals surface area contributed by atoms with Crippen LogP contribution in [0.5, 0.6) is 0 Å². The van der Waals surface area contributed by atoms with E-state index >= 15 is 0 Å². The van der Waals surface area contributed by atoms with Crippen molar-refractivity contribution in [3.05, 3.63) is 29.3 Å². The Labute approximate surface area is 124 Å². The Kier molecular flexibility index (Phi) is 3.86. The van der Waals surface area contributed by atoms with Gasteiger partial charge < -0.3 is 14.8 Å². The van der Waals surface area contributed by atoms with Crippen LogP contribution in [-0.4, -0.2) is 33.4 Å². The van der Waals surface area contributed by atoms with Gasteiger partial charge in [0.1, 0.15) is 5.60 Å². The fraction of sp³-hybridized carbons (Fsp3) is 0.400. The van der Waals surface area contributed by atoms with Crippen LogP contribution >= 0.6 is 0 Å². The second-order valence-electron chi connectivity index (χ2n) is 6.22. The first-order valence-corrected chi connectivity index (χ1v) is 6.83. The number of hydrogen-bond acceptors (Lipinski definition) is 4. The number of rotatable bonds is 1. The molecule has 0 fully saturated rings. The summed E-state index contributed by atoms with van der Waals surface area (Å²) in [5.41, 5.74) is 1.78. The third-order valence-electron chi connectivity index (χ3n) is 3.24. The lowest BCUT2D eigenvalue weighted by Gasteiger charge is -2.21. The molecule has 0 aliphatic rings. The Morgan fingerprint density at radius 2 is 1.86 bits per heavy atom. The van der Waals surface area contributed by atoms with Crippen LogP contribution in [0.1, 0.15) is 31.9 Å². The number of benzene rings is 1. The first-order valence-electron chi connectivity index (χ1n) is 6.83. The average Bonchev–Trinajstić information content (AvgIpc) is 2.60. The maximum Gasteiger partial charge on any atom is 0.506 e. The van der Waals surface area contributed by atoms with Crippen LogP contribution in [0.15, 0.2) is 18.2 Å². The molecule has 0 saturated carbocycles. The molecule has 0 unspecified atom stereocenters. The molecule has 2 rings (SSSR count). The Balaban J connectivity index is 2.71. The highest BCUT2D eigenvalue weighted by molar-refractivity contribution is 6.59. The Morgan fingerprint density at radius 3 is 2.38 bits per heavy atom. The minimum atomic E-state index is -1.75. The van der Waals surface area contributed by atoms with Gasteiger partial charge in [-0.2, -0.15) is 0 Å². The first kappa shape index (κ1) is 15.6. The smallest absolute Gasteiger partial charge is 0.443 e. The molecule has 0 amide bonds. The van der Waals surface area contributed by atoms with E-state index in [1.165, 1.54) is 4.57 Å². The van der Waals surface area contributed by atoms with Crippen LogP contribution in [0, 0.1) is 13.8 Å². The predicted octanol–water partition coefficient (Wildman–Crippen LogP) is 1.72. The third-order valence-corrected chi connectivity index (χ3v) is 3.24. The molecule has 6 heteroatoms. The average molecular weight is 289 g/mol. The highest BCUT2D eigenvalue weighted by Gasteiger charge is 2.29. The summed E-state index contributed by atoms with van der Waals surface area (Å²) in [6.07, 6.45) is -0.618. The summed E-state index contributed by atoms with van der Waals surface area (Å²) >= 11 is 0. The van der Waals surface area contributed by atoms with Crippen molar-refractivity contribution in [1.29, 1.82) is 0 Å². The number of fused-ring (bicyclic) bond motifs is 1. The largest absolute Gasteiger partial charge is 0.506 e. The molecule has 0 saturated heterocycles. The van der Waals surface area contributed by atoms with Gasteiger partial charge in [0, 0.05) is 5.39 Å². The summed E-state index contributed by atoms with van der Waals surface area (Å²) in [4.78, 5) is 12.4. The fourth-order valence-corrected chi connectivity index (χ4v) is 2.39. The summed E-state index contributed by atoms with van der Waals surface area (Å²) in [7, 11) is -1.75. The van der Waals surface area contributed by atoms with E-state index in [-0.39, 0.29) is 5.59 Å². The molecule has 2 N–H and O–H groups in total. The van der Waals surface area contributed by atoms with E-state index in [0.717, 1.165) is 10.9 Å². The van der Waals surface area contributed by atoms with E-state index in [1.54, 1.807) is 33.8 Å². The van der Waals surface area contributed by atoms with Gasteiger partial charge in [-0.1, -0.05) is 11.6 Å². The molecule has 0 atom stereocenters. The van der Waals surface area contributed by atoms with Gasteiger partial charge >= 0.3 is 13.2 Å². The van der Waals surface area contributed by atoms with Crippen molar-refractivity contribution < 1.29 is 19.6 Å². The lowest BCUT2D eigenvalue weighted by atomic mass is 9.83. The van der Waals surface area contributed by atoms with Gasteiger partial charge in [0.2, 0.25) is 0 Å². The molecule has 1 heterocycles. The van der Waals surface area contributed by atoms with Crippen molar-refractivity contribution in [2.24, 2.45) is 0 Å². The van der Waals surface area contributed by atoms with Gasteiger partial charge in [0.25, 0.3) is 0 Å². The number of ether oxygens (including phenoxy) is 1. The molecule has 5 nitrogen and oxygen atoms in total. The molecule has 2 aromatic rings. The van der Waals surface area contributed by atoms with Crippen molar-refractivity contribution in [2.45, 2.75) is 40.2 Å². The van der Waals surface area contributed by atoms with Crippen molar-refractivity contribution in [2.75, 3.05) is 0 Å². The standard InChI is InChI=1S/C15H20BNO4/c1-9-6-7-12-11(8-9)10(2)13(16(19)20)17(12)14(18)21-15(3,4)5/h6-8,19-20H,1-5H3. The van der Waals surface area contributed by atoms with Crippen LogP contribution in [0.4, 0.5) is 4.79 Å². The minimum absolute atomic E-state index is 0.143. The number of carbonyl (C=O) groups is 1. The minimum Gasteiger partial charge on any atom is -0.443 e. The number of hydrogen-bond donors (Lipinski definition) is 2. The Hall–Kier alpha value is -1.79. The lowest BCUT2D eigenvalue weighted by molar-refractivity contribution is 0.0547. The Bertz CT molecular complexity index is 698. The van der Waals surface area contributed by atoms with Gasteiger partial charge in [-0.25, -0.2) is 4.79 Å². The van der Waals surface area contributed by atoms with Crippen LogP contribution in [0.25, 0.3) is 10.9 Å². The number of aromatic nitrogens is 1. The zero-order valence-electron chi connectivity index (χ0n) is 13.0. The second-order valence-corrected chi connectivity index (χ2v) is 6.22. The van der Waals surface area contributed by atoms with E-state index in [9.17, 15) is 14.8 Å². The van der Waals surface area contributed by atoms with E-state index in [1.807, 2.05) is 19.1 Å². The van der Waals surface area contributed by atoms with Crippen LogP contribution in [-0.2, 0) is 4.74 Å². The lowest BCUT2D eigenvalue weighted by Crippen LogP contribution is -2.42. The van der Waals surface area contributed by atoms with Gasteiger partial charge in [-0.05, 0) is 52.3 Å². The molecular weight excluding hydrogens is 269 g/mol. The molecule has 0 aliphatic carbocycles. The summed E-state index contributed by atoms with van der Waals surface area (Å²) in [6.45, 7) is 9.00. The third kappa shape index (κ3) is 2.96. The van der Waals surface area contributed by atoms with Gasteiger partial charge in [0.15, 0.2) is 0 Å². The zero-order valence-corrected chi connectivity index (χ0v) is 13.0. The van der Waals surface area contributed by atoms with Crippen LogP contribution in [0.3, 0.4) is 0 Å². The van der Waals surface area contributed by atoms with Crippen molar-refractivity contribution in [1.82, 2.24) is 4.57 Å². The summed E-state index contributed by atoms with van der Waals surface area (Å²) in [5, 5.41) is 20.1. The quantitative estimate of drug-likeness (QED) is 0.784. The summed E-state index contributed by atoms with van der Waals surface area (Å²) in [6, 6.07) is 5.57. The summed E-state index contributed by atoms with van der Waals surface area (Å²) in [5.74, 6) is 0. The van der Waals surface area contributed by atoms with Crippen LogP contribution in [0.2, 0.25) is 0 Å². The number of nitrogens with zero attached hydrogens (tertiary/aromatic N) is 1. The second kappa shape index (κ2) is 5.20. The molecule has 0 radical (unpaired) electrons. The Morgan fingerprint density at radius 1 is 1.24 bits per heavy atom. The van der Waals surface area contributed by atoms with Gasteiger partial charge in [-0.3, -0.25) is 4.57 Å². The topological polar surface area (TPSA) is 71.7 Å². The van der Waals surface area contributed by atoms with Gasteiger partial charge in [-0.15, -0.1) is 0 Å². The van der Waals surface area contributed by atoms with Crippen molar-refractivity contribution >= 4 is 29.7 Å². The van der Waals surface area contributed by atoms with E-state index < -0.39 is 18.8 Å². The highest BCUT2D eigenvalue weighted by atomic mass is 16.6. The molecule has 1 aromatic carbocycles. The maximum absolute atomic E-state index is 12.4. The molecule has 0 aliphatic heterocycles.